The van der Waals surface area contributed by atoms with Crippen molar-refractivity contribution in [1.82, 2.24) is 9.55 Å². The van der Waals surface area contributed by atoms with Crippen LogP contribution in [-0.4, -0.2) is 33.8 Å². The second-order valence-electron chi connectivity index (χ2n) is 3.42. The van der Waals surface area contributed by atoms with E-state index in [-0.39, 0.29) is 13.2 Å². The van der Waals surface area contributed by atoms with Crippen LogP contribution in [0.1, 0.15) is 10.4 Å². The number of aliphatic hydroxyl groups excluding tert-OH is 1. The van der Waals surface area contributed by atoms with Gasteiger partial charge in [0.2, 0.25) is 0 Å². The molecular weight excluding hydrogens is 208 g/mol. The number of hydrogen-bond acceptors (Lipinski definition) is 4. The molecule has 5 heteroatoms. The summed E-state index contributed by atoms with van der Waals surface area (Å²) in [7, 11) is 1.89. The Kier molecular flexibility index (Phi) is 2.87. The van der Waals surface area contributed by atoms with Crippen LogP contribution in [0.4, 0.5) is 0 Å². The third-order valence-electron chi connectivity index (χ3n) is 2.29. The fourth-order valence-electron chi connectivity index (χ4n) is 1.48. The van der Waals surface area contributed by atoms with Crippen LogP contribution in [0.3, 0.4) is 0 Å². The molecule has 2 rings (SSSR count). The van der Waals surface area contributed by atoms with Gasteiger partial charge in [0.15, 0.2) is 0 Å². The zero-order chi connectivity index (χ0) is 11.5. The Hall–Kier alpha value is -1.88. The number of esters is 1. The highest BCUT2D eigenvalue weighted by molar-refractivity contribution is 5.93. The van der Waals surface area contributed by atoms with E-state index in [0.717, 1.165) is 11.0 Å². The number of ether oxygens (including phenoxy) is 1. The van der Waals surface area contributed by atoms with Crippen molar-refractivity contribution in [3.63, 3.8) is 0 Å². The van der Waals surface area contributed by atoms with Crippen molar-refractivity contribution in [2.24, 2.45) is 7.05 Å². The Balaban J connectivity index is 2.29. The Morgan fingerprint density at radius 2 is 2.38 bits per heavy atom. The summed E-state index contributed by atoms with van der Waals surface area (Å²) < 4.78 is 6.68. The standard InChI is InChI=1S/C11H12N2O3/c1-13-7-12-9-6-8(2-3-10(9)13)11(15)16-5-4-14/h2-3,6-7,14H,4-5H2,1H3. The number of rotatable bonds is 3. The van der Waals surface area contributed by atoms with Gasteiger partial charge in [-0.25, -0.2) is 9.78 Å². The highest BCUT2D eigenvalue weighted by atomic mass is 16.5. The predicted octanol–water partition coefficient (Wildman–Crippen LogP) is 0.722. The van der Waals surface area contributed by atoms with E-state index in [1.54, 1.807) is 18.5 Å². The maximum absolute atomic E-state index is 11.5. The van der Waals surface area contributed by atoms with Crippen LogP contribution in [0.5, 0.6) is 0 Å². The lowest BCUT2D eigenvalue weighted by Gasteiger charge is -2.02. The van der Waals surface area contributed by atoms with Gasteiger partial charge < -0.3 is 14.4 Å². The van der Waals surface area contributed by atoms with Crippen molar-refractivity contribution in [3.8, 4) is 0 Å². The largest absolute Gasteiger partial charge is 0.460 e. The second kappa shape index (κ2) is 4.32. The minimum atomic E-state index is -0.443. The lowest BCUT2D eigenvalue weighted by Crippen LogP contribution is -2.08. The zero-order valence-corrected chi connectivity index (χ0v) is 8.88. The first-order chi connectivity index (χ1) is 7.72. The molecule has 0 spiro atoms. The van der Waals surface area contributed by atoms with E-state index >= 15 is 0 Å². The number of carbonyl (C=O) groups excluding carboxylic acids is 1. The first-order valence-corrected chi connectivity index (χ1v) is 4.91. The van der Waals surface area contributed by atoms with Gasteiger partial charge in [0.05, 0.1) is 29.5 Å². The molecule has 1 aromatic carbocycles. The van der Waals surface area contributed by atoms with Crippen LogP contribution in [-0.2, 0) is 11.8 Å². The molecule has 84 valence electrons. The van der Waals surface area contributed by atoms with Gasteiger partial charge in [-0.3, -0.25) is 0 Å². The molecular formula is C11H12N2O3. The van der Waals surface area contributed by atoms with Crippen molar-refractivity contribution in [1.29, 1.82) is 0 Å². The second-order valence-corrected chi connectivity index (χ2v) is 3.42. The number of aliphatic hydroxyl groups is 1. The van der Waals surface area contributed by atoms with Gasteiger partial charge in [0.1, 0.15) is 6.61 Å². The van der Waals surface area contributed by atoms with E-state index in [1.165, 1.54) is 0 Å². The normalized spacial score (nSPS) is 10.6. The summed E-state index contributed by atoms with van der Waals surface area (Å²) >= 11 is 0. The van der Waals surface area contributed by atoms with Crippen LogP contribution in [0.2, 0.25) is 0 Å². The molecule has 0 saturated carbocycles. The maximum Gasteiger partial charge on any atom is 0.338 e. The number of imidazole rings is 1. The Morgan fingerprint density at radius 3 is 3.12 bits per heavy atom. The molecule has 5 nitrogen and oxygen atoms in total. The van der Waals surface area contributed by atoms with Crippen LogP contribution in [0.15, 0.2) is 24.5 Å². The van der Waals surface area contributed by atoms with E-state index in [1.807, 2.05) is 17.7 Å². The topological polar surface area (TPSA) is 64.4 Å². The van der Waals surface area contributed by atoms with Gasteiger partial charge in [-0.05, 0) is 18.2 Å². The van der Waals surface area contributed by atoms with E-state index in [9.17, 15) is 4.79 Å². The van der Waals surface area contributed by atoms with E-state index in [0.29, 0.717) is 5.56 Å². The average molecular weight is 220 g/mol. The van der Waals surface area contributed by atoms with E-state index < -0.39 is 5.97 Å². The van der Waals surface area contributed by atoms with Crippen molar-refractivity contribution in [2.45, 2.75) is 0 Å². The molecule has 2 aromatic rings. The molecule has 0 atom stereocenters. The molecule has 0 fully saturated rings. The monoisotopic (exact) mass is 220 g/mol. The SMILES string of the molecule is Cn1cnc2cc(C(=O)OCCO)ccc21. The summed E-state index contributed by atoms with van der Waals surface area (Å²) in [5, 5.41) is 8.54. The number of nitrogens with zero attached hydrogens (tertiary/aromatic N) is 2. The molecule has 0 unspecified atom stereocenters. The smallest absolute Gasteiger partial charge is 0.338 e. The summed E-state index contributed by atoms with van der Waals surface area (Å²) in [4.78, 5) is 15.6. The average Bonchev–Trinajstić information content (AvgIpc) is 2.67. The number of aromatic nitrogens is 2. The Morgan fingerprint density at radius 1 is 1.56 bits per heavy atom. The van der Waals surface area contributed by atoms with Crippen LogP contribution in [0.25, 0.3) is 11.0 Å². The van der Waals surface area contributed by atoms with Crippen molar-refractivity contribution < 1.29 is 14.6 Å². The molecule has 0 aliphatic heterocycles. The summed E-state index contributed by atoms with van der Waals surface area (Å²) in [6, 6.07) is 5.18. The van der Waals surface area contributed by atoms with Gasteiger partial charge >= 0.3 is 5.97 Å². The minimum Gasteiger partial charge on any atom is -0.460 e. The third-order valence-corrected chi connectivity index (χ3v) is 2.29. The van der Waals surface area contributed by atoms with Crippen LogP contribution in [0, 0.1) is 0 Å². The quantitative estimate of drug-likeness (QED) is 0.774. The Labute approximate surface area is 92.3 Å². The van der Waals surface area contributed by atoms with Gasteiger partial charge in [-0.2, -0.15) is 0 Å². The van der Waals surface area contributed by atoms with Crippen LogP contribution >= 0.6 is 0 Å². The summed E-state index contributed by atoms with van der Waals surface area (Å²) in [5.74, 6) is -0.443. The van der Waals surface area contributed by atoms with Gasteiger partial charge in [-0.1, -0.05) is 0 Å². The lowest BCUT2D eigenvalue weighted by molar-refractivity contribution is 0.0434. The molecule has 0 aliphatic rings. The van der Waals surface area contributed by atoms with E-state index in [4.69, 9.17) is 9.84 Å². The van der Waals surface area contributed by atoms with Crippen molar-refractivity contribution in [2.75, 3.05) is 13.2 Å². The number of hydrogen-bond donors (Lipinski definition) is 1. The fourth-order valence-corrected chi connectivity index (χ4v) is 1.48. The maximum atomic E-state index is 11.5. The molecule has 0 aliphatic carbocycles. The molecule has 0 bridgehead atoms. The number of fused-ring (bicyclic) bond motifs is 1. The summed E-state index contributed by atoms with van der Waals surface area (Å²) in [6.45, 7) is -0.156. The van der Waals surface area contributed by atoms with Crippen LogP contribution < -0.4 is 0 Å². The summed E-state index contributed by atoms with van der Waals surface area (Å²) in [6.07, 6.45) is 1.69. The lowest BCUT2D eigenvalue weighted by atomic mass is 10.2. The molecule has 16 heavy (non-hydrogen) atoms. The van der Waals surface area contributed by atoms with Gasteiger partial charge in [0, 0.05) is 7.05 Å². The summed E-state index contributed by atoms with van der Waals surface area (Å²) in [5.41, 5.74) is 2.15. The van der Waals surface area contributed by atoms with Crippen molar-refractivity contribution in [3.05, 3.63) is 30.1 Å². The third kappa shape index (κ3) is 1.90. The highest BCUT2D eigenvalue weighted by Gasteiger charge is 2.09. The molecule has 1 aromatic heterocycles. The Bertz CT molecular complexity index is 519. The first kappa shape index (κ1) is 10.6. The van der Waals surface area contributed by atoms with Gasteiger partial charge in [0.25, 0.3) is 0 Å². The number of benzene rings is 1. The van der Waals surface area contributed by atoms with Crippen molar-refractivity contribution >= 4 is 17.0 Å². The molecule has 1 N–H and O–H groups in total. The predicted molar refractivity (Wildman–Crippen MR) is 58.1 cm³/mol. The zero-order valence-electron chi connectivity index (χ0n) is 8.88. The highest BCUT2D eigenvalue weighted by Crippen LogP contribution is 2.14. The number of carbonyl (C=O) groups is 1. The minimum absolute atomic E-state index is 0.0130. The van der Waals surface area contributed by atoms with Gasteiger partial charge in [-0.15, -0.1) is 0 Å². The molecule has 1 heterocycles. The molecule has 0 radical (unpaired) electrons. The first-order valence-electron chi connectivity index (χ1n) is 4.91. The fraction of sp³-hybridized carbons (Fsp3) is 0.273. The molecule has 0 saturated heterocycles. The molecule has 0 amide bonds. The van der Waals surface area contributed by atoms with E-state index in [2.05, 4.69) is 4.98 Å². The number of aryl methyl sites for hydroxylation is 1.